The van der Waals surface area contributed by atoms with Crippen molar-refractivity contribution in [3.8, 4) is 0 Å². The Hall–Kier alpha value is -0.540. The molecule has 1 aliphatic carbocycles. The topological polar surface area (TPSA) is 29.1 Å². The van der Waals surface area contributed by atoms with Crippen molar-refractivity contribution in [2.75, 3.05) is 5.32 Å². The molecule has 1 atom stereocenters. The zero-order valence-corrected chi connectivity index (χ0v) is 11.5. The molecule has 2 nitrogen and oxygen atoms in total. The summed E-state index contributed by atoms with van der Waals surface area (Å²) >= 11 is 9.21. The molecule has 1 N–H and O–H groups in total. The van der Waals surface area contributed by atoms with Gasteiger partial charge in [-0.15, -0.1) is 0 Å². The molecule has 0 aliphatic heterocycles. The summed E-state index contributed by atoms with van der Waals surface area (Å²) in [5.41, 5.74) is 0.931. The molecule has 0 aromatic heterocycles. The van der Waals surface area contributed by atoms with E-state index >= 15 is 0 Å². The van der Waals surface area contributed by atoms with Gasteiger partial charge in [-0.05, 0) is 46.0 Å². The minimum atomic E-state index is 0.0908. The highest BCUT2D eigenvalue weighted by molar-refractivity contribution is 9.10. The minimum absolute atomic E-state index is 0.0908. The third-order valence-corrected chi connectivity index (χ3v) is 3.91. The van der Waals surface area contributed by atoms with Crippen LogP contribution in [0.3, 0.4) is 0 Å². The van der Waals surface area contributed by atoms with E-state index in [4.69, 9.17) is 11.6 Å². The maximum Gasteiger partial charge on any atom is 0.228 e. The Morgan fingerprint density at radius 3 is 2.69 bits per heavy atom. The standard InChI is InChI=1S/C12H13BrClNO/c1-12(2)6-8(12)11(16)15-10-4-3-7(14)5-9(10)13/h3-5,8H,6H2,1-2H3,(H,15,16). The Bertz CT molecular complexity index is 445. The van der Waals surface area contributed by atoms with Crippen LogP contribution in [-0.4, -0.2) is 5.91 Å². The van der Waals surface area contributed by atoms with Crippen molar-refractivity contribution in [2.24, 2.45) is 11.3 Å². The predicted molar refractivity (Wildman–Crippen MR) is 69.7 cm³/mol. The smallest absolute Gasteiger partial charge is 0.228 e. The van der Waals surface area contributed by atoms with Gasteiger partial charge >= 0.3 is 0 Å². The van der Waals surface area contributed by atoms with Crippen molar-refractivity contribution >= 4 is 39.1 Å². The number of hydrogen-bond donors (Lipinski definition) is 1. The van der Waals surface area contributed by atoms with Crippen molar-refractivity contribution in [1.29, 1.82) is 0 Å². The average molecular weight is 303 g/mol. The molecule has 0 bridgehead atoms. The summed E-state index contributed by atoms with van der Waals surface area (Å²) < 4.78 is 0.812. The van der Waals surface area contributed by atoms with Crippen molar-refractivity contribution in [1.82, 2.24) is 0 Å². The van der Waals surface area contributed by atoms with Crippen LogP contribution >= 0.6 is 27.5 Å². The third-order valence-electron chi connectivity index (χ3n) is 3.02. The summed E-state index contributed by atoms with van der Waals surface area (Å²) in [5, 5.41) is 3.56. The van der Waals surface area contributed by atoms with E-state index in [9.17, 15) is 4.79 Å². The molecule has 1 amide bonds. The van der Waals surface area contributed by atoms with Crippen LogP contribution in [0.15, 0.2) is 22.7 Å². The summed E-state index contributed by atoms with van der Waals surface area (Å²) in [6.45, 7) is 4.21. The molecule has 1 unspecified atom stereocenters. The van der Waals surface area contributed by atoms with E-state index < -0.39 is 0 Å². The summed E-state index contributed by atoms with van der Waals surface area (Å²) in [6, 6.07) is 5.34. The Kier molecular flexibility index (Phi) is 3.01. The number of rotatable bonds is 2. The second-order valence-corrected chi connectivity index (χ2v) is 6.15. The molecule has 1 aliphatic rings. The van der Waals surface area contributed by atoms with Gasteiger partial charge in [0, 0.05) is 15.4 Å². The number of benzene rings is 1. The number of halogens is 2. The Balaban J connectivity index is 2.07. The van der Waals surface area contributed by atoms with Crippen LogP contribution < -0.4 is 5.32 Å². The molecule has 0 saturated heterocycles. The van der Waals surface area contributed by atoms with Crippen molar-refractivity contribution in [3.63, 3.8) is 0 Å². The molecule has 1 fully saturated rings. The average Bonchev–Trinajstić information content (AvgIpc) is 2.80. The number of carbonyl (C=O) groups excluding carboxylic acids is 1. The molecule has 86 valence electrons. The van der Waals surface area contributed by atoms with Gasteiger partial charge < -0.3 is 5.32 Å². The molecular formula is C12H13BrClNO. The second-order valence-electron chi connectivity index (χ2n) is 4.86. The highest BCUT2D eigenvalue weighted by Crippen LogP contribution is 2.52. The summed E-state index contributed by atoms with van der Waals surface area (Å²) in [4.78, 5) is 11.9. The lowest BCUT2D eigenvalue weighted by Crippen LogP contribution is -2.16. The molecule has 1 aromatic carbocycles. The fraction of sp³-hybridized carbons (Fsp3) is 0.417. The lowest BCUT2D eigenvalue weighted by Gasteiger charge is -2.08. The molecule has 4 heteroatoms. The molecule has 0 heterocycles. The quantitative estimate of drug-likeness (QED) is 0.876. The lowest BCUT2D eigenvalue weighted by atomic mass is 10.1. The number of anilines is 1. The second kappa shape index (κ2) is 4.04. The van der Waals surface area contributed by atoms with Crippen molar-refractivity contribution in [3.05, 3.63) is 27.7 Å². The van der Waals surface area contributed by atoms with Gasteiger partial charge in [0.2, 0.25) is 5.91 Å². The largest absolute Gasteiger partial charge is 0.325 e. The van der Waals surface area contributed by atoms with E-state index in [1.165, 1.54) is 0 Å². The van der Waals surface area contributed by atoms with E-state index in [0.717, 1.165) is 16.6 Å². The number of hydrogen-bond acceptors (Lipinski definition) is 1. The normalized spacial score (nSPS) is 21.6. The first-order valence-corrected chi connectivity index (χ1v) is 6.33. The highest BCUT2D eigenvalue weighted by atomic mass is 79.9. The van der Waals surface area contributed by atoms with Gasteiger partial charge in [0.05, 0.1) is 5.69 Å². The van der Waals surface area contributed by atoms with E-state index in [0.29, 0.717) is 5.02 Å². The first kappa shape index (κ1) is 11.9. The van der Waals surface area contributed by atoms with Crippen LogP contribution in [0.1, 0.15) is 20.3 Å². The molecule has 16 heavy (non-hydrogen) atoms. The van der Waals surface area contributed by atoms with E-state index in [1.807, 2.05) is 0 Å². The first-order valence-electron chi connectivity index (χ1n) is 5.16. The zero-order chi connectivity index (χ0) is 11.9. The fourth-order valence-electron chi connectivity index (χ4n) is 1.73. The van der Waals surface area contributed by atoms with Crippen LogP contribution in [0.2, 0.25) is 5.02 Å². The number of nitrogens with one attached hydrogen (secondary N) is 1. The van der Waals surface area contributed by atoms with Gasteiger partial charge in [-0.1, -0.05) is 25.4 Å². The molecule has 2 rings (SSSR count). The van der Waals surface area contributed by atoms with Crippen LogP contribution in [0.5, 0.6) is 0 Å². The van der Waals surface area contributed by atoms with Crippen LogP contribution in [0, 0.1) is 11.3 Å². The van der Waals surface area contributed by atoms with Crippen LogP contribution in [-0.2, 0) is 4.79 Å². The molecular weight excluding hydrogens is 289 g/mol. The number of amides is 1. The van der Waals surface area contributed by atoms with Gasteiger partial charge in [0.1, 0.15) is 0 Å². The predicted octanol–water partition coefficient (Wildman–Crippen LogP) is 4.09. The van der Waals surface area contributed by atoms with E-state index in [1.54, 1.807) is 18.2 Å². The van der Waals surface area contributed by atoms with Crippen molar-refractivity contribution in [2.45, 2.75) is 20.3 Å². The summed E-state index contributed by atoms with van der Waals surface area (Å²) in [5.74, 6) is 0.225. The van der Waals surface area contributed by atoms with Gasteiger partial charge in [-0.3, -0.25) is 4.79 Å². The Labute approximate surface area is 108 Å². The van der Waals surface area contributed by atoms with Gasteiger partial charge in [0.25, 0.3) is 0 Å². The summed E-state index contributed by atoms with van der Waals surface area (Å²) in [6.07, 6.45) is 0.962. The van der Waals surface area contributed by atoms with E-state index in [-0.39, 0.29) is 17.2 Å². The summed E-state index contributed by atoms with van der Waals surface area (Å²) in [7, 11) is 0. The van der Waals surface area contributed by atoms with Gasteiger partial charge in [0.15, 0.2) is 0 Å². The van der Waals surface area contributed by atoms with Crippen LogP contribution in [0.4, 0.5) is 5.69 Å². The van der Waals surface area contributed by atoms with E-state index in [2.05, 4.69) is 35.1 Å². The van der Waals surface area contributed by atoms with Gasteiger partial charge in [-0.2, -0.15) is 0 Å². The monoisotopic (exact) mass is 301 g/mol. The van der Waals surface area contributed by atoms with Crippen molar-refractivity contribution < 1.29 is 4.79 Å². The SMILES string of the molecule is CC1(C)CC1C(=O)Nc1ccc(Cl)cc1Br. The first-order chi connectivity index (χ1) is 7.40. The number of carbonyl (C=O) groups is 1. The molecule has 0 spiro atoms. The van der Waals surface area contributed by atoms with Gasteiger partial charge in [-0.25, -0.2) is 0 Å². The molecule has 1 saturated carbocycles. The Morgan fingerprint density at radius 1 is 1.56 bits per heavy atom. The highest BCUT2D eigenvalue weighted by Gasteiger charge is 2.50. The molecule has 0 radical (unpaired) electrons. The minimum Gasteiger partial charge on any atom is -0.325 e. The maximum absolute atomic E-state index is 11.9. The lowest BCUT2D eigenvalue weighted by molar-refractivity contribution is -0.118. The molecule has 1 aromatic rings. The third kappa shape index (κ3) is 2.41. The fourth-order valence-corrected chi connectivity index (χ4v) is 2.51. The zero-order valence-electron chi connectivity index (χ0n) is 9.18. The van der Waals surface area contributed by atoms with Crippen LogP contribution in [0.25, 0.3) is 0 Å². The Morgan fingerprint density at radius 2 is 2.19 bits per heavy atom. The maximum atomic E-state index is 11.9.